The fourth-order valence-corrected chi connectivity index (χ4v) is 1.52. The van der Waals surface area contributed by atoms with Gasteiger partial charge < -0.3 is 15.4 Å². The summed E-state index contributed by atoms with van der Waals surface area (Å²) in [6.45, 7) is 3.96. The number of methoxy groups -OCH3 is 1. The number of benzene rings is 1. The van der Waals surface area contributed by atoms with E-state index in [0.29, 0.717) is 35.9 Å². The van der Waals surface area contributed by atoms with Crippen LogP contribution in [-0.2, 0) is 9.59 Å². The van der Waals surface area contributed by atoms with Crippen LogP contribution >= 0.6 is 0 Å². The van der Waals surface area contributed by atoms with Gasteiger partial charge in [0.05, 0.1) is 12.8 Å². The van der Waals surface area contributed by atoms with Crippen molar-refractivity contribution in [2.24, 2.45) is 5.92 Å². The van der Waals surface area contributed by atoms with Gasteiger partial charge in [0.15, 0.2) is 0 Å². The molecule has 0 aromatic heterocycles. The largest absolute Gasteiger partial charge is 0.494 e. The van der Waals surface area contributed by atoms with E-state index in [1.807, 2.05) is 13.8 Å². The molecular formula is C13H18N2O3. The summed E-state index contributed by atoms with van der Waals surface area (Å²) < 4.78 is 5.17. The van der Waals surface area contributed by atoms with Crippen LogP contribution in [-0.4, -0.2) is 19.4 Å². The van der Waals surface area contributed by atoms with Crippen molar-refractivity contribution in [2.75, 3.05) is 17.7 Å². The second-order valence-electron chi connectivity index (χ2n) is 4.32. The van der Waals surface area contributed by atoms with Crippen molar-refractivity contribution in [3.8, 4) is 5.75 Å². The minimum atomic E-state index is -0.0561. The van der Waals surface area contributed by atoms with Gasteiger partial charge >= 0.3 is 0 Å². The molecule has 2 amide bonds. The van der Waals surface area contributed by atoms with Gasteiger partial charge in [0.25, 0.3) is 0 Å². The summed E-state index contributed by atoms with van der Waals surface area (Å²) in [6, 6.07) is 5.05. The van der Waals surface area contributed by atoms with Gasteiger partial charge in [0.2, 0.25) is 12.3 Å². The second-order valence-corrected chi connectivity index (χ2v) is 4.32. The maximum absolute atomic E-state index is 11.7. The monoisotopic (exact) mass is 250 g/mol. The van der Waals surface area contributed by atoms with Crippen LogP contribution in [0.1, 0.15) is 20.3 Å². The lowest BCUT2D eigenvalue weighted by Gasteiger charge is -2.12. The molecule has 0 spiro atoms. The molecule has 0 aliphatic rings. The summed E-state index contributed by atoms with van der Waals surface area (Å²) >= 11 is 0. The van der Waals surface area contributed by atoms with Crippen LogP contribution in [0.4, 0.5) is 11.4 Å². The fraction of sp³-hybridized carbons (Fsp3) is 0.385. The van der Waals surface area contributed by atoms with E-state index in [4.69, 9.17) is 4.74 Å². The Morgan fingerprint density at radius 3 is 2.72 bits per heavy atom. The highest BCUT2D eigenvalue weighted by Gasteiger charge is 2.09. The van der Waals surface area contributed by atoms with Crippen molar-refractivity contribution in [1.29, 1.82) is 0 Å². The lowest BCUT2D eigenvalue weighted by Crippen LogP contribution is -2.14. The molecule has 98 valence electrons. The molecule has 0 aliphatic carbocycles. The Balaban J connectivity index is 2.82. The molecule has 0 aliphatic heterocycles. The zero-order valence-electron chi connectivity index (χ0n) is 10.8. The second kappa shape index (κ2) is 6.64. The standard InChI is InChI=1S/C13H18N2O3/c1-9(2)6-13(17)15-11-5-4-10(14-8-16)7-12(11)18-3/h4-5,7-9H,6H2,1-3H3,(H,14,16)(H,15,17). The number of nitrogens with one attached hydrogen (secondary N) is 2. The summed E-state index contributed by atoms with van der Waals surface area (Å²) in [6.07, 6.45) is 1.04. The number of hydrogen-bond acceptors (Lipinski definition) is 3. The highest BCUT2D eigenvalue weighted by molar-refractivity contribution is 5.93. The smallest absolute Gasteiger partial charge is 0.224 e. The number of rotatable bonds is 6. The third-order valence-corrected chi connectivity index (χ3v) is 2.29. The van der Waals surface area contributed by atoms with E-state index in [-0.39, 0.29) is 5.91 Å². The zero-order chi connectivity index (χ0) is 13.5. The van der Waals surface area contributed by atoms with Crippen LogP contribution in [0.2, 0.25) is 0 Å². The molecule has 1 rings (SSSR count). The number of hydrogen-bond donors (Lipinski definition) is 2. The first-order valence-corrected chi connectivity index (χ1v) is 5.75. The number of amides is 2. The topological polar surface area (TPSA) is 67.4 Å². The molecule has 5 heteroatoms. The summed E-state index contributed by atoms with van der Waals surface area (Å²) in [7, 11) is 1.51. The molecule has 18 heavy (non-hydrogen) atoms. The molecule has 0 unspecified atom stereocenters. The van der Waals surface area contributed by atoms with Gasteiger partial charge in [-0.25, -0.2) is 0 Å². The molecule has 5 nitrogen and oxygen atoms in total. The van der Waals surface area contributed by atoms with E-state index in [1.54, 1.807) is 18.2 Å². The van der Waals surface area contributed by atoms with Crippen LogP contribution in [0.25, 0.3) is 0 Å². The third-order valence-electron chi connectivity index (χ3n) is 2.29. The van der Waals surface area contributed by atoms with Crippen molar-refractivity contribution >= 4 is 23.7 Å². The van der Waals surface area contributed by atoms with Crippen molar-refractivity contribution < 1.29 is 14.3 Å². The van der Waals surface area contributed by atoms with Gasteiger partial charge in [-0.1, -0.05) is 13.8 Å². The van der Waals surface area contributed by atoms with Gasteiger partial charge in [0, 0.05) is 18.2 Å². The minimum absolute atomic E-state index is 0.0561. The molecule has 0 saturated carbocycles. The Bertz CT molecular complexity index is 430. The van der Waals surface area contributed by atoms with Crippen molar-refractivity contribution in [3.05, 3.63) is 18.2 Å². The third kappa shape index (κ3) is 4.08. The number of carbonyl (C=O) groups excluding carboxylic acids is 2. The maximum atomic E-state index is 11.7. The fourth-order valence-electron chi connectivity index (χ4n) is 1.52. The quantitative estimate of drug-likeness (QED) is 0.761. The van der Waals surface area contributed by atoms with Gasteiger partial charge in [-0.15, -0.1) is 0 Å². The van der Waals surface area contributed by atoms with Crippen molar-refractivity contribution in [2.45, 2.75) is 20.3 Å². The van der Waals surface area contributed by atoms with Crippen molar-refractivity contribution in [3.63, 3.8) is 0 Å². The molecule has 0 saturated heterocycles. The maximum Gasteiger partial charge on any atom is 0.224 e. The summed E-state index contributed by atoms with van der Waals surface area (Å²) in [5.41, 5.74) is 1.21. The Morgan fingerprint density at radius 2 is 2.17 bits per heavy atom. The number of carbonyl (C=O) groups is 2. The van der Waals surface area contributed by atoms with E-state index in [9.17, 15) is 9.59 Å². The van der Waals surface area contributed by atoms with Crippen LogP contribution in [0.3, 0.4) is 0 Å². The van der Waals surface area contributed by atoms with Crippen LogP contribution in [0, 0.1) is 5.92 Å². The lowest BCUT2D eigenvalue weighted by atomic mass is 10.1. The highest BCUT2D eigenvalue weighted by atomic mass is 16.5. The molecule has 0 atom stereocenters. The Morgan fingerprint density at radius 1 is 1.44 bits per heavy atom. The highest BCUT2D eigenvalue weighted by Crippen LogP contribution is 2.28. The predicted molar refractivity (Wildman–Crippen MR) is 70.8 cm³/mol. The normalized spacial score (nSPS) is 10.0. The van der Waals surface area contributed by atoms with Crippen LogP contribution in [0.5, 0.6) is 5.75 Å². The van der Waals surface area contributed by atoms with E-state index >= 15 is 0 Å². The van der Waals surface area contributed by atoms with Gasteiger partial charge in [-0.05, 0) is 18.1 Å². The summed E-state index contributed by atoms with van der Waals surface area (Å²) in [5.74, 6) is 0.755. The molecule has 0 radical (unpaired) electrons. The van der Waals surface area contributed by atoms with Crippen LogP contribution in [0.15, 0.2) is 18.2 Å². The van der Waals surface area contributed by atoms with Gasteiger partial charge in [-0.3, -0.25) is 9.59 Å². The Hall–Kier alpha value is -2.04. The van der Waals surface area contributed by atoms with Crippen LogP contribution < -0.4 is 15.4 Å². The number of anilines is 2. The van der Waals surface area contributed by atoms with Crippen molar-refractivity contribution in [1.82, 2.24) is 0 Å². The molecule has 0 fully saturated rings. The molecule has 0 bridgehead atoms. The van der Waals surface area contributed by atoms with E-state index in [0.717, 1.165) is 0 Å². The minimum Gasteiger partial charge on any atom is -0.494 e. The number of ether oxygens (including phenoxy) is 1. The first-order valence-electron chi connectivity index (χ1n) is 5.75. The Labute approximate surface area is 107 Å². The van der Waals surface area contributed by atoms with Gasteiger partial charge in [-0.2, -0.15) is 0 Å². The van der Waals surface area contributed by atoms with E-state index in [1.165, 1.54) is 7.11 Å². The molecule has 1 aromatic carbocycles. The molecule has 0 heterocycles. The first kappa shape index (κ1) is 14.0. The first-order chi connectivity index (χ1) is 8.56. The average molecular weight is 250 g/mol. The zero-order valence-corrected chi connectivity index (χ0v) is 10.8. The van der Waals surface area contributed by atoms with E-state index in [2.05, 4.69) is 10.6 Å². The lowest BCUT2D eigenvalue weighted by molar-refractivity contribution is -0.116. The van der Waals surface area contributed by atoms with E-state index < -0.39 is 0 Å². The average Bonchev–Trinajstić information content (AvgIpc) is 2.30. The molecular weight excluding hydrogens is 232 g/mol. The SMILES string of the molecule is COc1cc(NC=O)ccc1NC(=O)CC(C)C. The summed E-state index contributed by atoms with van der Waals surface area (Å²) in [4.78, 5) is 22.0. The van der Waals surface area contributed by atoms with Gasteiger partial charge in [0.1, 0.15) is 5.75 Å². The molecule has 2 N–H and O–H groups in total. The summed E-state index contributed by atoms with van der Waals surface area (Å²) in [5, 5.41) is 5.30. The molecule has 1 aromatic rings. The Kier molecular flexibility index (Phi) is 5.17. The predicted octanol–water partition coefficient (Wildman–Crippen LogP) is 2.25.